The van der Waals surface area contributed by atoms with Gasteiger partial charge in [0.1, 0.15) is 29.1 Å². The molecule has 3 nitrogen and oxygen atoms in total. The third-order valence-electron chi connectivity index (χ3n) is 3.51. The van der Waals surface area contributed by atoms with Crippen molar-refractivity contribution in [1.82, 2.24) is 4.98 Å². The number of halogens is 3. The van der Waals surface area contributed by atoms with Gasteiger partial charge in [0, 0.05) is 16.7 Å². The summed E-state index contributed by atoms with van der Waals surface area (Å²) in [4.78, 5) is 4.12. The molecule has 0 saturated carbocycles. The Bertz CT molecular complexity index is 960. The molecule has 3 aromatic rings. The molecule has 0 atom stereocenters. The van der Waals surface area contributed by atoms with E-state index in [9.17, 15) is 14.0 Å². The van der Waals surface area contributed by atoms with Gasteiger partial charge in [0.2, 0.25) is 0 Å². The Morgan fingerprint density at radius 3 is 2.50 bits per heavy atom. The molecule has 0 unspecified atom stereocenters. The van der Waals surface area contributed by atoms with E-state index in [1.54, 1.807) is 6.07 Å². The molecule has 0 radical (unpaired) electrons. The number of nitriles is 1. The van der Waals surface area contributed by atoms with Gasteiger partial charge < -0.3 is 5.73 Å². The Labute approximate surface area is 141 Å². The maximum atomic E-state index is 14.3. The van der Waals surface area contributed by atoms with Crippen molar-refractivity contribution in [2.75, 3.05) is 5.73 Å². The quantitative estimate of drug-likeness (QED) is 0.728. The van der Waals surface area contributed by atoms with E-state index in [0.29, 0.717) is 11.3 Å². The molecule has 1 heterocycles. The van der Waals surface area contributed by atoms with Gasteiger partial charge in [0.05, 0.1) is 10.7 Å². The van der Waals surface area contributed by atoms with E-state index in [2.05, 4.69) is 4.98 Å². The predicted molar refractivity (Wildman–Crippen MR) is 89.2 cm³/mol. The summed E-state index contributed by atoms with van der Waals surface area (Å²) in [6.45, 7) is 0. The van der Waals surface area contributed by atoms with E-state index in [-0.39, 0.29) is 27.5 Å². The molecule has 0 aliphatic rings. The van der Waals surface area contributed by atoms with Gasteiger partial charge in [-0.15, -0.1) is 0 Å². The van der Waals surface area contributed by atoms with Crippen LogP contribution in [0.4, 0.5) is 14.6 Å². The lowest BCUT2D eigenvalue weighted by molar-refractivity contribution is 0.628. The Hall–Kier alpha value is -2.97. The fourth-order valence-electron chi connectivity index (χ4n) is 2.43. The van der Waals surface area contributed by atoms with Crippen molar-refractivity contribution in [3.8, 4) is 28.5 Å². The minimum atomic E-state index is -0.588. The molecule has 1 aromatic heterocycles. The van der Waals surface area contributed by atoms with Crippen molar-refractivity contribution < 1.29 is 8.78 Å². The molecule has 0 aliphatic carbocycles. The van der Waals surface area contributed by atoms with Gasteiger partial charge in [0.15, 0.2) is 0 Å². The van der Waals surface area contributed by atoms with Crippen LogP contribution in [-0.4, -0.2) is 4.98 Å². The standard InChI is InChI=1S/C18H10ClF2N3/c19-14-5-2-6-15(21)17(14)12-8-16(24-18(23)13(12)9-22)10-3-1-4-11(20)7-10/h1-8H,(H2,23,24). The van der Waals surface area contributed by atoms with Crippen LogP contribution in [0.5, 0.6) is 0 Å². The second-order valence-electron chi connectivity index (χ2n) is 5.03. The summed E-state index contributed by atoms with van der Waals surface area (Å²) in [5, 5.41) is 9.49. The molecule has 0 fully saturated rings. The summed E-state index contributed by atoms with van der Waals surface area (Å²) in [6.07, 6.45) is 0. The fourth-order valence-corrected chi connectivity index (χ4v) is 2.70. The molecule has 0 saturated heterocycles. The highest BCUT2D eigenvalue weighted by atomic mass is 35.5. The molecule has 118 valence electrons. The first-order valence-electron chi connectivity index (χ1n) is 6.92. The summed E-state index contributed by atoms with van der Waals surface area (Å²) in [6, 6.07) is 13.4. The number of nitrogens with two attached hydrogens (primary N) is 1. The second-order valence-corrected chi connectivity index (χ2v) is 5.44. The lowest BCUT2D eigenvalue weighted by Crippen LogP contribution is -2.01. The Balaban J connectivity index is 2.32. The van der Waals surface area contributed by atoms with Gasteiger partial charge in [-0.3, -0.25) is 0 Å². The van der Waals surface area contributed by atoms with E-state index >= 15 is 0 Å². The van der Waals surface area contributed by atoms with Crippen molar-refractivity contribution in [2.24, 2.45) is 0 Å². The zero-order valence-electron chi connectivity index (χ0n) is 12.2. The van der Waals surface area contributed by atoms with Crippen LogP contribution in [-0.2, 0) is 0 Å². The van der Waals surface area contributed by atoms with Gasteiger partial charge in [-0.1, -0.05) is 29.8 Å². The molecule has 3 rings (SSSR count). The molecule has 0 bridgehead atoms. The average molecular weight is 342 g/mol. The van der Waals surface area contributed by atoms with Crippen LogP contribution in [0, 0.1) is 23.0 Å². The smallest absolute Gasteiger partial charge is 0.142 e. The lowest BCUT2D eigenvalue weighted by Gasteiger charge is -2.12. The number of pyridine rings is 1. The third-order valence-corrected chi connectivity index (χ3v) is 3.83. The van der Waals surface area contributed by atoms with Crippen LogP contribution in [0.2, 0.25) is 5.02 Å². The van der Waals surface area contributed by atoms with E-state index in [1.165, 1.54) is 42.5 Å². The maximum absolute atomic E-state index is 14.3. The molecular formula is C18H10ClF2N3. The van der Waals surface area contributed by atoms with E-state index in [1.807, 2.05) is 6.07 Å². The monoisotopic (exact) mass is 341 g/mol. The molecule has 0 spiro atoms. The number of nitrogens with zero attached hydrogens (tertiary/aromatic N) is 2. The van der Waals surface area contributed by atoms with Crippen LogP contribution in [0.3, 0.4) is 0 Å². The molecule has 2 N–H and O–H groups in total. The zero-order valence-corrected chi connectivity index (χ0v) is 13.0. The molecule has 0 amide bonds. The molecule has 2 aromatic carbocycles. The van der Waals surface area contributed by atoms with Crippen molar-refractivity contribution in [2.45, 2.75) is 0 Å². The van der Waals surface area contributed by atoms with Gasteiger partial charge in [-0.05, 0) is 30.3 Å². The number of aromatic nitrogens is 1. The summed E-state index contributed by atoms with van der Waals surface area (Å²) < 4.78 is 27.7. The van der Waals surface area contributed by atoms with Gasteiger partial charge in [-0.2, -0.15) is 5.26 Å². The summed E-state index contributed by atoms with van der Waals surface area (Å²) in [5.74, 6) is -1.11. The minimum absolute atomic E-state index is 0.0159. The Morgan fingerprint density at radius 1 is 1.08 bits per heavy atom. The molecule has 6 heteroatoms. The van der Waals surface area contributed by atoms with Gasteiger partial charge in [0.25, 0.3) is 0 Å². The highest BCUT2D eigenvalue weighted by Crippen LogP contribution is 2.36. The van der Waals surface area contributed by atoms with E-state index < -0.39 is 11.6 Å². The number of hydrogen-bond donors (Lipinski definition) is 1. The van der Waals surface area contributed by atoms with Gasteiger partial charge >= 0.3 is 0 Å². The number of anilines is 1. The van der Waals surface area contributed by atoms with Crippen LogP contribution < -0.4 is 5.73 Å². The fraction of sp³-hybridized carbons (Fsp3) is 0. The Morgan fingerprint density at radius 2 is 1.83 bits per heavy atom. The van der Waals surface area contributed by atoms with E-state index in [4.69, 9.17) is 17.3 Å². The first-order valence-corrected chi connectivity index (χ1v) is 7.30. The summed E-state index contributed by atoms with van der Waals surface area (Å²) >= 11 is 6.10. The van der Waals surface area contributed by atoms with E-state index in [0.717, 1.165) is 0 Å². The average Bonchev–Trinajstić information content (AvgIpc) is 2.54. The predicted octanol–water partition coefficient (Wildman–Crippen LogP) is 4.80. The SMILES string of the molecule is N#Cc1c(-c2c(F)cccc2Cl)cc(-c2cccc(F)c2)nc1N. The maximum Gasteiger partial charge on any atom is 0.142 e. The highest BCUT2D eigenvalue weighted by Gasteiger charge is 2.18. The normalized spacial score (nSPS) is 10.4. The first-order chi connectivity index (χ1) is 11.5. The number of hydrogen-bond acceptors (Lipinski definition) is 3. The third kappa shape index (κ3) is 2.80. The molecule has 24 heavy (non-hydrogen) atoms. The number of rotatable bonds is 2. The summed E-state index contributed by atoms with van der Waals surface area (Å²) in [5.41, 5.74) is 6.92. The van der Waals surface area contributed by atoms with Gasteiger partial charge in [-0.25, -0.2) is 13.8 Å². The van der Waals surface area contributed by atoms with Crippen LogP contribution in [0.1, 0.15) is 5.56 Å². The van der Waals surface area contributed by atoms with Crippen molar-refractivity contribution in [1.29, 1.82) is 5.26 Å². The lowest BCUT2D eigenvalue weighted by atomic mass is 9.98. The molecule has 0 aliphatic heterocycles. The number of nitrogen functional groups attached to an aromatic ring is 1. The van der Waals surface area contributed by atoms with Crippen molar-refractivity contribution in [3.63, 3.8) is 0 Å². The van der Waals surface area contributed by atoms with Crippen LogP contribution >= 0.6 is 11.6 Å². The van der Waals surface area contributed by atoms with Crippen molar-refractivity contribution >= 4 is 17.4 Å². The number of benzene rings is 2. The van der Waals surface area contributed by atoms with Crippen LogP contribution in [0.25, 0.3) is 22.4 Å². The first kappa shape index (κ1) is 15.9. The minimum Gasteiger partial charge on any atom is -0.383 e. The zero-order chi connectivity index (χ0) is 17.3. The topological polar surface area (TPSA) is 62.7 Å². The Kier molecular flexibility index (Phi) is 4.15. The summed E-state index contributed by atoms with van der Waals surface area (Å²) in [7, 11) is 0. The molecular weight excluding hydrogens is 332 g/mol. The second kappa shape index (κ2) is 6.26. The highest BCUT2D eigenvalue weighted by molar-refractivity contribution is 6.33. The van der Waals surface area contributed by atoms with Crippen molar-refractivity contribution in [3.05, 3.63) is 70.8 Å². The van der Waals surface area contributed by atoms with Crippen LogP contribution in [0.15, 0.2) is 48.5 Å². The largest absolute Gasteiger partial charge is 0.383 e.